The predicted octanol–water partition coefficient (Wildman–Crippen LogP) is 5.64. The van der Waals surface area contributed by atoms with Gasteiger partial charge >= 0.3 is 12.2 Å². The van der Waals surface area contributed by atoms with E-state index in [-0.39, 0.29) is 13.2 Å². The summed E-state index contributed by atoms with van der Waals surface area (Å²) in [6.07, 6.45) is -1.83. The van der Waals surface area contributed by atoms with E-state index >= 15 is 0 Å². The normalized spacial score (nSPS) is 12.6. The Morgan fingerprint density at radius 1 is 0.694 bits per heavy atom. The molecule has 3 rings (SSSR count). The molecule has 0 aromatic heterocycles. The van der Waals surface area contributed by atoms with Gasteiger partial charge in [0, 0.05) is 34.6 Å². The quantitative estimate of drug-likeness (QED) is 0.353. The second-order valence-corrected chi connectivity index (χ2v) is 8.87. The lowest BCUT2D eigenvalue weighted by Crippen LogP contribution is -2.30. The average molecular weight is 497 g/mol. The first kappa shape index (κ1) is 26.9. The van der Waals surface area contributed by atoms with Gasteiger partial charge in [0.25, 0.3) is 0 Å². The summed E-state index contributed by atoms with van der Waals surface area (Å²) < 4.78 is 23.3. The Hall–Kier alpha value is -3.68. The van der Waals surface area contributed by atoms with Gasteiger partial charge in [-0.2, -0.15) is 0 Å². The second-order valence-electron chi connectivity index (χ2n) is 8.87. The molecule has 0 fully saturated rings. The number of hydrogen-bond donors (Lipinski definition) is 2. The molecule has 3 aromatic carbocycles. The maximum absolute atomic E-state index is 11.8. The highest BCUT2D eigenvalue weighted by molar-refractivity contribution is 6.11. The zero-order valence-electron chi connectivity index (χ0n) is 21.9. The topological polar surface area (TPSA) is 95.1 Å². The standard InChI is InChI=1S/C28H36N2O6/c1-7-29-27(31)35-19(5)15-33-25-21-11-9-18(4)14-24(21)26(22-12-10-17(3)13-23(22)25)34-16-20(6)36-28(32)30-8-2/h9-14,19-20H,7-8,15-16H2,1-6H3,(H,29,31)(H,30,32). The average Bonchev–Trinajstić information content (AvgIpc) is 2.81. The molecule has 0 bridgehead atoms. The van der Waals surface area contributed by atoms with Crippen LogP contribution in [-0.2, 0) is 9.47 Å². The van der Waals surface area contributed by atoms with Gasteiger partial charge in [-0.15, -0.1) is 0 Å². The fourth-order valence-electron chi connectivity index (χ4n) is 3.90. The van der Waals surface area contributed by atoms with Crippen molar-refractivity contribution in [2.75, 3.05) is 26.3 Å². The molecular formula is C28H36N2O6. The van der Waals surface area contributed by atoms with Crippen LogP contribution in [0.15, 0.2) is 36.4 Å². The maximum Gasteiger partial charge on any atom is 0.407 e. The minimum absolute atomic E-state index is 0.195. The molecule has 0 aliphatic carbocycles. The van der Waals surface area contributed by atoms with Gasteiger partial charge in [-0.05, 0) is 53.7 Å². The highest BCUT2D eigenvalue weighted by Gasteiger charge is 2.20. The number of carbonyl (C=O) groups is 2. The highest BCUT2D eigenvalue weighted by Crippen LogP contribution is 2.43. The number of alkyl carbamates (subject to hydrolysis) is 2. The van der Waals surface area contributed by atoms with Crippen LogP contribution in [0.4, 0.5) is 9.59 Å². The molecule has 0 saturated carbocycles. The Kier molecular flexibility index (Phi) is 9.22. The maximum atomic E-state index is 11.8. The Morgan fingerprint density at radius 2 is 1.08 bits per heavy atom. The number of amides is 2. The van der Waals surface area contributed by atoms with Crippen molar-refractivity contribution in [2.24, 2.45) is 0 Å². The number of aryl methyl sites for hydroxylation is 2. The number of nitrogens with one attached hydrogen (secondary N) is 2. The zero-order chi connectivity index (χ0) is 26.2. The van der Waals surface area contributed by atoms with Gasteiger partial charge in [-0.25, -0.2) is 9.59 Å². The van der Waals surface area contributed by atoms with E-state index in [9.17, 15) is 9.59 Å². The molecule has 2 N–H and O–H groups in total. The van der Waals surface area contributed by atoms with Gasteiger partial charge in [0.05, 0.1) is 0 Å². The fourth-order valence-corrected chi connectivity index (χ4v) is 3.90. The lowest BCUT2D eigenvalue weighted by atomic mass is 9.97. The molecule has 2 unspecified atom stereocenters. The molecule has 8 heteroatoms. The molecule has 2 atom stereocenters. The van der Waals surface area contributed by atoms with Gasteiger partial charge in [0.1, 0.15) is 36.9 Å². The van der Waals surface area contributed by atoms with Crippen molar-refractivity contribution in [3.8, 4) is 11.5 Å². The third-order valence-corrected chi connectivity index (χ3v) is 5.51. The van der Waals surface area contributed by atoms with Crippen LogP contribution in [0.5, 0.6) is 11.5 Å². The number of hydrogen-bond acceptors (Lipinski definition) is 6. The van der Waals surface area contributed by atoms with Crippen LogP contribution >= 0.6 is 0 Å². The van der Waals surface area contributed by atoms with Crippen LogP contribution in [0.1, 0.15) is 38.8 Å². The van der Waals surface area contributed by atoms with E-state index in [4.69, 9.17) is 18.9 Å². The number of fused-ring (bicyclic) bond motifs is 2. The Labute approximate surface area is 212 Å². The lowest BCUT2D eigenvalue weighted by Gasteiger charge is -2.21. The van der Waals surface area contributed by atoms with Crippen LogP contribution < -0.4 is 20.1 Å². The minimum atomic E-state index is -0.470. The highest BCUT2D eigenvalue weighted by atomic mass is 16.6. The summed E-state index contributed by atoms with van der Waals surface area (Å²) in [6.45, 7) is 12.7. The molecule has 0 spiro atoms. The van der Waals surface area contributed by atoms with Crippen molar-refractivity contribution in [1.29, 1.82) is 0 Å². The predicted molar refractivity (Wildman–Crippen MR) is 141 cm³/mol. The van der Waals surface area contributed by atoms with Crippen LogP contribution in [0.3, 0.4) is 0 Å². The summed E-state index contributed by atoms with van der Waals surface area (Å²) in [6, 6.07) is 12.2. The van der Waals surface area contributed by atoms with Gasteiger partial charge in [0.2, 0.25) is 0 Å². The lowest BCUT2D eigenvalue weighted by molar-refractivity contribution is 0.0755. The van der Waals surface area contributed by atoms with Crippen molar-refractivity contribution >= 4 is 33.7 Å². The molecule has 2 amide bonds. The van der Waals surface area contributed by atoms with Crippen molar-refractivity contribution in [3.05, 3.63) is 47.5 Å². The first-order valence-electron chi connectivity index (χ1n) is 12.3. The molecule has 194 valence electrons. The smallest absolute Gasteiger partial charge is 0.407 e. The van der Waals surface area contributed by atoms with Gasteiger partial charge < -0.3 is 29.6 Å². The van der Waals surface area contributed by atoms with E-state index in [0.717, 1.165) is 32.7 Å². The van der Waals surface area contributed by atoms with E-state index in [1.54, 1.807) is 13.8 Å². The first-order chi connectivity index (χ1) is 17.2. The molecule has 8 nitrogen and oxygen atoms in total. The van der Waals surface area contributed by atoms with E-state index < -0.39 is 24.4 Å². The van der Waals surface area contributed by atoms with Gasteiger partial charge in [0.15, 0.2) is 0 Å². The number of carbonyl (C=O) groups excluding carboxylic acids is 2. The van der Waals surface area contributed by atoms with E-state index in [2.05, 4.69) is 22.8 Å². The Balaban J connectivity index is 1.98. The van der Waals surface area contributed by atoms with E-state index in [1.165, 1.54) is 0 Å². The summed E-state index contributed by atoms with van der Waals surface area (Å²) in [7, 11) is 0. The summed E-state index contributed by atoms with van der Waals surface area (Å²) >= 11 is 0. The molecule has 0 aliphatic heterocycles. The first-order valence-corrected chi connectivity index (χ1v) is 12.3. The minimum Gasteiger partial charge on any atom is -0.488 e. The number of ether oxygens (including phenoxy) is 4. The number of rotatable bonds is 10. The molecule has 3 aromatic rings. The molecule has 0 radical (unpaired) electrons. The van der Waals surface area contributed by atoms with Gasteiger partial charge in [-0.1, -0.05) is 35.4 Å². The van der Waals surface area contributed by atoms with Gasteiger partial charge in [-0.3, -0.25) is 0 Å². The molecule has 36 heavy (non-hydrogen) atoms. The van der Waals surface area contributed by atoms with Crippen LogP contribution in [0, 0.1) is 13.8 Å². The summed E-state index contributed by atoms with van der Waals surface area (Å²) in [4.78, 5) is 23.6. The SMILES string of the molecule is CCNC(=O)OC(C)COc1c2ccc(C)cc2c(OCC(C)OC(=O)NCC)c2ccc(C)cc12. The molecule has 0 saturated heterocycles. The van der Waals surface area contributed by atoms with Crippen LogP contribution in [0.25, 0.3) is 21.5 Å². The Bertz CT molecular complexity index is 1130. The van der Waals surface area contributed by atoms with Crippen LogP contribution in [0.2, 0.25) is 0 Å². The molecule has 0 heterocycles. The van der Waals surface area contributed by atoms with Crippen molar-refractivity contribution in [3.63, 3.8) is 0 Å². The second kappa shape index (κ2) is 12.3. The number of benzene rings is 3. The largest absolute Gasteiger partial charge is 0.488 e. The van der Waals surface area contributed by atoms with E-state index in [0.29, 0.717) is 24.6 Å². The monoisotopic (exact) mass is 496 g/mol. The van der Waals surface area contributed by atoms with E-state index in [1.807, 2.05) is 52.0 Å². The third-order valence-electron chi connectivity index (χ3n) is 5.51. The van der Waals surface area contributed by atoms with Crippen molar-refractivity contribution in [2.45, 2.75) is 53.8 Å². The summed E-state index contributed by atoms with van der Waals surface area (Å²) in [5, 5.41) is 8.81. The zero-order valence-corrected chi connectivity index (χ0v) is 21.9. The van der Waals surface area contributed by atoms with Crippen LogP contribution in [-0.4, -0.2) is 50.7 Å². The van der Waals surface area contributed by atoms with Crippen molar-refractivity contribution < 1.29 is 28.5 Å². The molecule has 0 aliphatic rings. The summed E-state index contributed by atoms with van der Waals surface area (Å²) in [5.41, 5.74) is 2.15. The molecular weight excluding hydrogens is 460 g/mol. The third kappa shape index (κ3) is 6.71. The summed E-state index contributed by atoms with van der Waals surface area (Å²) in [5.74, 6) is 1.41. The Morgan fingerprint density at radius 3 is 1.44 bits per heavy atom. The van der Waals surface area contributed by atoms with Crippen molar-refractivity contribution in [1.82, 2.24) is 10.6 Å². The fraction of sp³-hybridized carbons (Fsp3) is 0.429.